The topological polar surface area (TPSA) is 48.5 Å². The number of pyridine rings is 1. The number of carbonyl (C=O) groups is 1. The molecule has 1 aromatic rings. The van der Waals surface area contributed by atoms with Crippen LogP contribution in [0.5, 0.6) is 0 Å². The molecule has 1 unspecified atom stereocenters. The number of nitrogens with zero attached hydrogens (tertiary/aromatic N) is 3. The minimum atomic E-state index is 0.0369. The molecular formula is C16H26N4O. The Labute approximate surface area is 127 Å². The maximum Gasteiger partial charge on any atom is 0.257 e. The van der Waals surface area contributed by atoms with Gasteiger partial charge in [-0.25, -0.2) is 0 Å². The predicted molar refractivity (Wildman–Crippen MR) is 85.8 cm³/mol. The molecule has 2 rings (SSSR count). The van der Waals surface area contributed by atoms with Gasteiger partial charge in [-0.05, 0) is 38.9 Å². The van der Waals surface area contributed by atoms with Crippen LogP contribution in [-0.4, -0.2) is 60.5 Å². The van der Waals surface area contributed by atoms with Crippen LogP contribution in [-0.2, 0) is 0 Å². The number of carbonyl (C=O) groups excluding carboxylic acids is 1. The van der Waals surface area contributed by atoms with Crippen molar-refractivity contribution in [3.05, 3.63) is 23.5 Å². The van der Waals surface area contributed by atoms with Gasteiger partial charge in [-0.1, -0.05) is 6.92 Å². The lowest BCUT2D eigenvalue weighted by molar-refractivity contribution is 0.0755. The largest absolute Gasteiger partial charge is 0.387 e. The van der Waals surface area contributed by atoms with Crippen LogP contribution < -0.4 is 5.32 Å². The van der Waals surface area contributed by atoms with Gasteiger partial charge in [-0.15, -0.1) is 0 Å². The number of nitrogens with one attached hydrogen (secondary N) is 1. The molecule has 1 N–H and O–H groups in total. The number of rotatable bonds is 5. The number of hydrogen-bond acceptors (Lipinski definition) is 4. The molecule has 1 aromatic heterocycles. The summed E-state index contributed by atoms with van der Waals surface area (Å²) >= 11 is 0. The third kappa shape index (κ3) is 3.53. The molecule has 21 heavy (non-hydrogen) atoms. The van der Waals surface area contributed by atoms with Gasteiger partial charge in [0.1, 0.15) is 0 Å². The van der Waals surface area contributed by atoms with Crippen LogP contribution in [0.25, 0.3) is 0 Å². The fourth-order valence-corrected chi connectivity index (χ4v) is 3.06. The lowest BCUT2D eigenvalue weighted by Crippen LogP contribution is -2.41. The van der Waals surface area contributed by atoms with Gasteiger partial charge in [0.25, 0.3) is 5.91 Å². The first-order chi connectivity index (χ1) is 10.1. The Hall–Kier alpha value is -1.62. The summed E-state index contributed by atoms with van der Waals surface area (Å²) in [4.78, 5) is 21.2. The molecule has 2 heterocycles. The van der Waals surface area contributed by atoms with Crippen molar-refractivity contribution in [2.45, 2.75) is 32.7 Å². The van der Waals surface area contributed by atoms with Crippen LogP contribution >= 0.6 is 0 Å². The highest BCUT2D eigenvalue weighted by atomic mass is 16.2. The smallest absolute Gasteiger partial charge is 0.257 e. The second-order valence-electron chi connectivity index (χ2n) is 5.73. The van der Waals surface area contributed by atoms with E-state index in [1.54, 1.807) is 6.20 Å². The molecule has 0 aliphatic carbocycles. The van der Waals surface area contributed by atoms with E-state index in [4.69, 9.17) is 0 Å². The van der Waals surface area contributed by atoms with E-state index in [-0.39, 0.29) is 5.91 Å². The molecule has 1 amide bonds. The van der Waals surface area contributed by atoms with Crippen molar-refractivity contribution in [2.24, 2.45) is 0 Å². The van der Waals surface area contributed by atoms with E-state index in [2.05, 4.69) is 22.1 Å². The quantitative estimate of drug-likeness (QED) is 0.901. The van der Waals surface area contributed by atoms with Crippen LogP contribution in [0.1, 0.15) is 35.8 Å². The molecule has 0 radical (unpaired) electrons. The summed E-state index contributed by atoms with van der Waals surface area (Å²) in [5.74, 6) is 0.0369. The van der Waals surface area contributed by atoms with Gasteiger partial charge in [0.05, 0.1) is 11.3 Å². The second-order valence-corrected chi connectivity index (χ2v) is 5.73. The minimum Gasteiger partial charge on any atom is -0.387 e. The zero-order chi connectivity index (χ0) is 15.4. The Morgan fingerprint density at radius 3 is 3.00 bits per heavy atom. The highest BCUT2D eigenvalue weighted by molar-refractivity contribution is 5.99. The summed E-state index contributed by atoms with van der Waals surface area (Å²) in [5, 5.41) is 3.09. The van der Waals surface area contributed by atoms with E-state index in [0.29, 0.717) is 11.6 Å². The summed E-state index contributed by atoms with van der Waals surface area (Å²) in [7, 11) is 3.72. The molecule has 0 spiro atoms. The van der Waals surface area contributed by atoms with Gasteiger partial charge in [0.15, 0.2) is 0 Å². The molecule has 1 atom stereocenters. The first-order valence-corrected chi connectivity index (χ1v) is 7.70. The average Bonchev–Trinajstić information content (AvgIpc) is 2.93. The molecular weight excluding hydrogens is 264 g/mol. The van der Waals surface area contributed by atoms with E-state index in [1.165, 1.54) is 12.8 Å². The summed E-state index contributed by atoms with van der Waals surface area (Å²) in [6.45, 7) is 7.10. The number of likely N-dealkylation sites (N-methyl/N-ethyl adjacent to an activating group) is 2. The van der Waals surface area contributed by atoms with Crippen LogP contribution in [0.2, 0.25) is 0 Å². The van der Waals surface area contributed by atoms with Crippen molar-refractivity contribution < 1.29 is 4.79 Å². The van der Waals surface area contributed by atoms with Gasteiger partial charge in [-0.2, -0.15) is 0 Å². The first kappa shape index (κ1) is 15.8. The Kier molecular flexibility index (Phi) is 5.17. The lowest BCUT2D eigenvalue weighted by Gasteiger charge is -2.28. The normalized spacial score (nSPS) is 18.8. The third-order valence-electron chi connectivity index (χ3n) is 4.28. The van der Waals surface area contributed by atoms with Crippen molar-refractivity contribution in [3.63, 3.8) is 0 Å². The van der Waals surface area contributed by atoms with Gasteiger partial charge >= 0.3 is 0 Å². The number of anilines is 1. The molecule has 116 valence electrons. The molecule has 1 aliphatic heterocycles. The van der Waals surface area contributed by atoms with Crippen LogP contribution in [0.3, 0.4) is 0 Å². The highest BCUT2D eigenvalue weighted by Crippen LogP contribution is 2.20. The second kappa shape index (κ2) is 6.89. The fourth-order valence-electron chi connectivity index (χ4n) is 3.06. The van der Waals surface area contributed by atoms with E-state index < -0.39 is 0 Å². The zero-order valence-electron chi connectivity index (χ0n) is 13.5. The number of likely N-dealkylation sites (tertiary alicyclic amines) is 1. The Morgan fingerprint density at radius 1 is 1.57 bits per heavy atom. The molecule has 1 fully saturated rings. The van der Waals surface area contributed by atoms with Crippen molar-refractivity contribution >= 4 is 11.6 Å². The van der Waals surface area contributed by atoms with E-state index >= 15 is 0 Å². The Morgan fingerprint density at radius 2 is 2.33 bits per heavy atom. The summed E-state index contributed by atoms with van der Waals surface area (Å²) in [5.41, 5.74) is 2.40. The molecule has 0 saturated carbocycles. The summed E-state index contributed by atoms with van der Waals surface area (Å²) in [6, 6.07) is 2.40. The van der Waals surface area contributed by atoms with Gasteiger partial charge in [0.2, 0.25) is 0 Å². The Balaban J connectivity index is 2.09. The van der Waals surface area contributed by atoms with Crippen molar-refractivity contribution in [2.75, 3.05) is 39.0 Å². The maximum absolute atomic E-state index is 12.6. The van der Waals surface area contributed by atoms with Crippen LogP contribution in [0.4, 0.5) is 5.69 Å². The number of amides is 1. The molecule has 5 nitrogen and oxygen atoms in total. The number of hydrogen-bond donors (Lipinski definition) is 1. The molecule has 5 heteroatoms. The average molecular weight is 290 g/mol. The number of aromatic nitrogens is 1. The highest BCUT2D eigenvalue weighted by Gasteiger charge is 2.26. The number of aryl methyl sites for hydroxylation is 1. The molecule has 0 bridgehead atoms. The SMILES string of the molecule is CCN1CCCC1CN(C)C(=O)c1cnc(C)cc1NC. The third-order valence-corrected chi connectivity index (χ3v) is 4.28. The zero-order valence-corrected chi connectivity index (χ0v) is 13.5. The van der Waals surface area contributed by atoms with Crippen LogP contribution in [0.15, 0.2) is 12.3 Å². The molecule has 1 aliphatic rings. The van der Waals surface area contributed by atoms with E-state index in [9.17, 15) is 4.79 Å². The van der Waals surface area contributed by atoms with Gasteiger partial charge in [-0.3, -0.25) is 14.7 Å². The molecule has 1 saturated heterocycles. The summed E-state index contributed by atoms with van der Waals surface area (Å²) < 4.78 is 0. The van der Waals surface area contributed by atoms with Crippen molar-refractivity contribution in [1.82, 2.24) is 14.8 Å². The van der Waals surface area contributed by atoms with Gasteiger partial charge in [0, 0.05) is 38.6 Å². The minimum absolute atomic E-state index is 0.0369. The Bertz CT molecular complexity index is 503. The van der Waals surface area contributed by atoms with Gasteiger partial charge < -0.3 is 10.2 Å². The van der Waals surface area contributed by atoms with E-state index in [0.717, 1.165) is 31.0 Å². The van der Waals surface area contributed by atoms with Crippen molar-refractivity contribution in [1.29, 1.82) is 0 Å². The fraction of sp³-hybridized carbons (Fsp3) is 0.625. The maximum atomic E-state index is 12.6. The monoisotopic (exact) mass is 290 g/mol. The standard InChI is InChI=1S/C16H26N4O/c1-5-20-8-6-7-13(20)11-19(4)16(21)14-10-18-12(2)9-15(14)17-3/h9-10,13H,5-8,11H2,1-4H3,(H,17,18). The molecule has 0 aromatic carbocycles. The predicted octanol–water partition coefficient (Wildman–Crippen LogP) is 1.99. The van der Waals surface area contributed by atoms with E-state index in [1.807, 2.05) is 32.0 Å². The first-order valence-electron chi connectivity index (χ1n) is 7.70. The summed E-state index contributed by atoms with van der Waals surface area (Å²) in [6.07, 6.45) is 4.08. The van der Waals surface area contributed by atoms with Crippen LogP contribution in [0, 0.1) is 6.92 Å². The lowest BCUT2D eigenvalue weighted by atomic mass is 10.1. The van der Waals surface area contributed by atoms with Crippen molar-refractivity contribution in [3.8, 4) is 0 Å².